The lowest BCUT2D eigenvalue weighted by Gasteiger charge is -2.22. The molecule has 4 N–H and O–H groups in total. The van der Waals surface area contributed by atoms with Crippen LogP contribution in [0.3, 0.4) is 0 Å². The quantitative estimate of drug-likeness (QED) is 0.231. The average Bonchev–Trinajstić information content (AvgIpc) is 3.41. The van der Waals surface area contributed by atoms with Crippen LogP contribution in [0.1, 0.15) is 43.7 Å². The summed E-state index contributed by atoms with van der Waals surface area (Å²) >= 11 is 1.47. The number of aromatic nitrogens is 5. The zero-order valence-corrected chi connectivity index (χ0v) is 20.4. The van der Waals surface area contributed by atoms with Crippen molar-refractivity contribution >= 4 is 28.7 Å². The lowest BCUT2D eigenvalue weighted by atomic mass is 10.1. The fourth-order valence-corrected chi connectivity index (χ4v) is 5.34. The molecule has 0 amide bonds. The topological polar surface area (TPSA) is 138 Å². The van der Waals surface area contributed by atoms with Crippen molar-refractivity contribution in [3.8, 4) is 0 Å². The van der Waals surface area contributed by atoms with E-state index in [0.717, 1.165) is 18.2 Å². The number of fused-ring (bicyclic) bond motifs is 1. The number of hydrogen-bond acceptors (Lipinski definition) is 10. The van der Waals surface area contributed by atoms with Crippen molar-refractivity contribution in [3.63, 3.8) is 0 Å². The first kappa shape index (κ1) is 25.2. The van der Waals surface area contributed by atoms with E-state index in [4.69, 9.17) is 9.84 Å². The van der Waals surface area contributed by atoms with Crippen LogP contribution in [-0.2, 0) is 4.74 Å². The van der Waals surface area contributed by atoms with Crippen LogP contribution in [0.5, 0.6) is 0 Å². The maximum atomic E-state index is 13.7. The lowest BCUT2D eigenvalue weighted by molar-refractivity contribution is -0.0133. The van der Waals surface area contributed by atoms with Crippen LogP contribution in [0.4, 0.5) is 14.6 Å². The van der Waals surface area contributed by atoms with Crippen molar-refractivity contribution in [2.24, 2.45) is 0 Å². The van der Waals surface area contributed by atoms with E-state index >= 15 is 0 Å². The van der Waals surface area contributed by atoms with Crippen LogP contribution in [0.25, 0.3) is 11.2 Å². The van der Waals surface area contributed by atoms with Gasteiger partial charge in [0.15, 0.2) is 33.8 Å². The second-order valence-corrected chi connectivity index (χ2v) is 10.2. The van der Waals surface area contributed by atoms with Crippen LogP contribution in [0.15, 0.2) is 23.4 Å². The summed E-state index contributed by atoms with van der Waals surface area (Å²) in [7, 11) is 0. The van der Waals surface area contributed by atoms with Crippen molar-refractivity contribution < 1.29 is 28.8 Å². The van der Waals surface area contributed by atoms with Gasteiger partial charge in [0.05, 0.1) is 25.4 Å². The predicted octanol–water partition coefficient (Wildman–Crippen LogP) is 2.01. The summed E-state index contributed by atoms with van der Waals surface area (Å²) in [6.07, 6.45) is -0.956. The third kappa shape index (κ3) is 4.90. The molecular weight excluding hydrogens is 494 g/mol. The van der Waals surface area contributed by atoms with Crippen LogP contribution in [0.2, 0.25) is 0 Å². The smallest absolute Gasteiger partial charge is 0.191 e. The zero-order chi connectivity index (χ0) is 25.4. The second-order valence-electron chi connectivity index (χ2n) is 9.09. The Morgan fingerprint density at radius 3 is 2.78 bits per heavy atom. The highest BCUT2D eigenvalue weighted by atomic mass is 32.2. The Morgan fingerprint density at radius 2 is 2.03 bits per heavy atom. The Bertz CT molecular complexity index is 1230. The van der Waals surface area contributed by atoms with Gasteiger partial charge in [-0.2, -0.15) is 0 Å². The number of hydrogen-bond donors (Lipinski definition) is 4. The van der Waals surface area contributed by atoms with E-state index in [1.807, 2.05) is 6.92 Å². The van der Waals surface area contributed by atoms with Crippen molar-refractivity contribution in [2.45, 2.75) is 67.7 Å². The standard InChI is InChI=1S/C23H28F2N6O4S/c1-2-7-36-23-27-21(26-15-9-12(15)11-3-4-13(24)14(25)8-11)18-22(28-23)31(30-29-18)19-17(35-6-5-32)10-16(33)20(19)34/h3-4,8,12,15-17,19-20,32-34H,2,5-7,9-10H2,1H3,(H,26,27,28)/t12-,15?,16+,17+,19+,20+/m0/s1. The fourth-order valence-electron chi connectivity index (χ4n) is 4.65. The molecule has 6 atom stereocenters. The van der Waals surface area contributed by atoms with Gasteiger partial charge < -0.3 is 25.4 Å². The summed E-state index contributed by atoms with van der Waals surface area (Å²) in [5.41, 5.74) is 1.47. The number of aliphatic hydroxyl groups excluding tert-OH is 3. The number of nitrogens with one attached hydrogen (secondary N) is 1. The summed E-state index contributed by atoms with van der Waals surface area (Å²) in [6.45, 7) is 1.91. The minimum absolute atomic E-state index is 0.00466. The molecule has 1 aromatic carbocycles. The molecule has 0 radical (unpaired) electrons. The number of aliphatic hydroxyl groups is 3. The Balaban J connectivity index is 1.46. The van der Waals surface area contributed by atoms with Gasteiger partial charge in [-0.05, 0) is 30.5 Å². The Labute approximate surface area is 210 Å². The van der Waals surface area contributed by atoms with Gasteiger partial charge in [-0.1, -0.05) is 30.0 Å². The highest BCUT2D eigenvalue weighted by Gasteiger charge is 2.46. The maximum absolute atomic E-state index is 13.7. The molecule has 2 aromatic heterocycles. The number of ether oxygens (including phenoxy) is 1. The van der Waals surface area contributed by atoms with E-state index in [2.05, 4.69) is 25.6 Å². The molecule has 0 spiro atoms. The number of anilines is 1. The molecule has 2 aliphatic carbocycles. The van der Waals surface area contributed by atoms with Crippen molar-refractivity contribution in [1.82, 2.24) is 25.0 Å². The third-order valence-electron chi connectivity index (χ3n) is 6.53. The van der Waals surface area contributed by atoms with Gasteiger partial charge in [0.25, 0.3) is 0 Å². The molecule has 0 saturated heterocycles. The molecule has 10 nitrogen and oxygen atoms in total. The van der Waals surface area contributed by atoms with Gasteiger partial charge in [-0.3, -0.25) is 0 Å². The first-order valence-corrected chi connectivity index (χ1v) is 13.0. The van der Waals surface area contributed by atoms with Crippen LogP contribution < -0.4 is 5.32 Å². The summed E-state index contributed by atoms with van der Waals surface area (Å²) in [4.78, 5) is 9.27. The number of rotatable bonds is 10. The second kappa shape index (κ2) is 10.5. The molecular formula is C23H28F2N6O4S. The summed E-state index contributed by atoms with van der Waals surface area (Å²) in [5, 5.41) is 42.5. The van der Waals surface area contributed by atoms with Gasteiger partial charge in [0, 0.05) is 24.1 Å². The summed E-state index contributed by atoms with van der Waals surface area (Å²) in [6, 6.07) is 3.12. The molecule has 5 rings (SSSR count). The van der Waals surface area contributed by atoms with Crippen LogP contribution >= 0.6 is 11.8 Å². The van der Waals surface area contributed by atoms with E-state index in [9.17, 15) is 19.0 Å². The molecule has 2 aliphatic rings. The molecule has 0 aliphatic heterocycles. The minimum atomic E-state index is -1.15. The predicted molar refractivity (Wildman–Crippen MR) is 128 cm³/mol. The van der Waals surface area contributed by atoms with Crippen molar-refractivity contribution in [2.75, 3.05) is 24.3 Å². The van der Waals surface area contributed by atoms with E-state index < -0.39 is 36.0 Å². The monoisotopic (exact) mass is 522 g/mol. The van der Waals surface area contributed by atoms with Gasteiger partial charge in [-0.15, -0.1) is 5.10 Å². The summed E-state index contributed by atoms with van der Waals surface area (Å²) < 4.78 is 34.2. The molecule has 194 valence electrons. The number of nitrogens with zero attached hydrogens (tertiary/aromatic N) is 5. The highest BCUT2D eigenvalue weighted by molar-refractivity contribution is 7.99. The highest BCUT2D eigenvalue weighted by Crippen LogP contribution is 2.44. The largest absolute Gasteiger partial charge is 0.394 e. The first-order valence-electron chi connectivity index (χ1n) is 12.0. The van der Waals surface area contributed by atoms with E-state index in [1.165, 1.54) is 22.5 Å². The fraction of sp³-hybridized carbons (Fsp3) is 0.565. The third-order valence-corrected chi connectivity index (χ3v) is 7.58. The Kier molecular flexibility index (Phi) is 7.35. The maximum Gasteiger partial charge on any atom is 0.191 e. The molecule has 2 heterocycles. The first-order chi connectivity index (χ1) is 17.4. The van der Waals surface area contributed by atoms with Gasteiger partial charge in [0.1, 0.15) is 12.1 Å². The lowest BCUT2D eigenvalue weighted by Crippen LogP contribution is -2.32. The molecule has 1 unspecified atom stereocenters. The average molecular weight is 523 g/mol. The molecule has 3 aromatic rings. The Hall–Kier alpha value is -2.45. The van der Waals surface area contributed by atoms with Gasteiger partial charge in [-0.25, -0.2) is 23.4 Å². The number of halogens is 2. The van der Waals surface area contributed by atoms with Crippen molar-refractivity contribution in [1.29, 1.82) is 0 Å². The number of thioether (sulfide) groups is 1. The van der Waals surface area contributed by atoms with Gasteiger partial charge in [0.2, 0.25) is 0 Å². The molecule has 2 saturated carbocycles. The SMILES string of the molecule is CCCSc1nc(NC2C[C@H]2c2ccc(F)c(F)c2)c2nnn([C@H]3[C@H](O)[C@H](O)C[C@H]3OCCO)c2n1. The molecule has 0 bridgehead atoms. The van der Waals surface area contributed by atoms with Crippen LogP contribution in [-0.4, -0.2) is 83.6 Å². The zero-order valence-electron chi connectivity index (χ0n) is 19.6. The van der Waals surface area contributed by atoms with E-state index in [1.54, 1.807) is 6.07 Å². The minimum Gasteiger partial charge on any atom is -0.394 e. The molecule has 36 heavy (non-hydrogen) atoms. The molecule has 13 heteroatoms. The Morgan fingerprint density at radius 1 is 1.19 bits per heavy atom. The van der Waals surface area contributed by atoms with Crippen LogP contribution in [0, 0.1) is 11.6 Å². The summed E-state index contributed by atoms with van der Waals surface area (Å²) in [5.74, 6) is -0.508. The van der Waals surface area contributed by atoms with Gasteiger partial charge >= 0.3 is 0 Å². The number of benzene rings is 1. The van der Waals surface area contributed by atoms with E-state index in [0.29, 0.717) is 34.1 Å². The molecule has 2 fully saturated rings. The van der Waals surface area contributed by atoms with E-state index in [-0.39, 0.29) is 31.6 Å². The normalized spacial score (nSPS) is 27.6. The van der Waals surface area contributed by atoms with Crippen molar-refractivity contribution in [3.05, 3.63) is 35.4 Å².